The topological polar surface area (TPSA) is 29.1 Å². The Labute approximate surface area is 53.0 Å². The summed E-state index contributed by atoms with van der Waals surface area (Å²) in [6.45, 7) is 2.60. The summed E-state index contributed by atoms with van der Waals surface area (Å²) in [5.74, 6) is 1.32. The molecule has 2 nitrogen and oxygen atoms in total. The van der Waals surface area contributed by atoms with Crippen molar-refractivity contribution >= 4 is 17.5 Å². The summed E-state index contributed by atoms with van der Waals surface area (Å²) in [6.07, 6.45) is 0. The molecule has 1 N–H and O–H groups in total. The second kappa shape index (κ2) is 2.51. The van der Waals surface area contributed by atoms with Gasteiger partial charge in [-0.3, -0.25) is 10.1 Å². The minimum Gasteiger partial charge on any atom is -0.298 e. The van der Waals surface area contributed by atoms with Gasteiger partial charge in [0, 0.05) is 12.3 Å². The maximum absolute atomic E-state index is 10.6. The lowest BCUT2D eigenvalue weighted by atomic mass is 10.4. The Kier molecular flexibility index (Phi) is 1.91. The first-order chi connectivity index (χ1) is 3.80. The number of hydrogen-bond donors (Lipinski definition) is 1. The van der Waals surface area contributed by atoms with Gasteiger partial charge in [0.15, 0.2) is 5.78 Å². The molecule has 0 aliphatic carbocycles. The highest BCUT2D eigenvalue weighted by atomic mass is 32.2. The SMILES string of the molecule is CC(=O)[C@@H]1NCCS1. The van der Waals surface area contributed by atoms with Crippen molar-refractivity contribution in [3.8, 4) is 0 Å². The van der Waals surface area contributed by atoms with Crippen LogP contribution in [-0.4, -0.2) is 23.5 Å². The Morgan fingerprint density at radius 1 is 1.88 bits per heavy atom. The highest BCUT2D eigenvalue weighted by Gasteiger charge is 2.17. The highest BCUT2D eigenvalue weighted by Crippen LogP contribution is 2.13. The summed E-state index contributed by atoms with van der Waals surface area (Å²) in [5, 5.41) is 3.16. The van der Waals surface area contributed by atoms with Crippen molar-refractivity contribution in [2.75, 3.05) is 12.3 Å². The van der Waals surface area contributed by atoms with Crippen LogP contribution in [0.1, 0.15) is 6.92 Å². The zero-order valence-corrected chi connectivity index (χ0v) is 5.62. The van der Waals surface area contributed by atoms with Crippen LogP contribution in [0.15, 0.2) is 0 Å². The second-order valence-electron chi connectivity index (χ2n) is 1.82. The summed E-state index contributed by atoms with van der Waals surface area (Å²) in [5.41, 5.74) is 0. The molecule has 0 unspecified atom stereocenters. The summed E-state index contributed by atoms with van der Waals surface area (Å²) in [6, 6.07) is 0. The monoisotopic (exact) mass is 131 g/mol. The second-order valence-corrected chi connectivity index (χ2v) is 3.03. The van der Waals surface area contributed by atoms with Gasteiger partial charge in [-0.2, -0.15) is 0 Å². The number of carbonyl (C=O) groups is 1. The highest BCUT2D eigenvalue weighted by molar-refractivity contribution is 8.00. The largest absolute Gasteiger partial charge is 0.298 e. The molecule has 0 spiro atoms. The lowest BCUT2D eigenvalue weighted by molar-refractivity contribution is -0.116. The van der Waals surface area contributed by atoms with Gasteiger partial charge in [-0.25, -0.2) is 0 Å². The van der Waals surface area contributed by atoms with E-state index < -0.39 is 0 Å². The molecule has 1 rings (SSSR count). The van der Waals surface area contributed by atoms with E-state index in [4.69, 9.17) is 0 Å². The van der Waals surface area contributed by atoms with Crippen molar-refractivity contribution in [2.24, 2.45) is 0 Å². The molecule has 8 heavy (non-hydrogen) atoms. The van der Waals surface area contributed by atoms with Gasteiger partial charge >= 0.3 is 0 Å². The van der Waals surface area contributed by atoms with Crippen molar-refractivity contribution < 1.29 is 4.79 Å². The van der Waals surface area contributed by atoms with Gasteiger partial charge in [-0.15, -0.1) is 11.8 Å². The zero-order valence-electron chi connectivity index (χ0n) is 4.81. The first-order valence-corrected chi connectivity index (χ1v) is 3.71. The molecular formula is C5H9NOS. The van der Waals surface area contributed by atoms with Crippen LogP contribution in [0.5, 0.6) is 0 Å². The molecule has 1 aliphatic heterocycles. The van der Waals surface area contributed by atoms with E-state index >= 15 is 0 Å². The predicted octanol–water partition coefficient (Wildman–Crippen LogP) is 0.238. The van der Waals surface area contributed by atoms with Gasteiger partial charge in [0.05, 0.1) is 0 Å². The van der Waals surface area contributed by atoms with Gasteiger partial charge in [0.25, 0.3) is 0 Å². The maximum Gasteiger partial charge on any atom is 0.156 e. The van der Waals surface area contributed by atoms with Crippen LogP contribution in [0.25, 0.3) is 0 Å². The van der Waals surface area contributed by atoms with Crippen molar-refractivity contribution in [3.63, 3.8) is 0 Å². The third-order valence-corrected chi connectivity index (χ3v) is 2.36. The lowest BCUT2D eigenvalue weighted by Crippen LogP contribution is -2.26. The number of carbonyl (C=O) groups excluding carboxylic acids is 1. The van der Waals surface area contributed by atoms with Crippen LogP contribution in [0.2, 0.25) is 0 Å². The van der Waals surface area contributed by atoms with Crippen LogP contribution in [0, 0.1) is 0 Å². The minimum atomic E-state index is 0.0926. The van der Waals surface area contributed by atoms with E-state index in [0.717, 1.165) is 12.3 Å². The first kappa shape index (κ1) is 6.11. The number of Topliss-reactive ketones (excluding diaryl/α,β-unsaturated/α-hetero) is 1. The molecule has 0 radical (unpaired) electrons. The van der Waals surface area contributed by atoms with Gasteiger partial charge in [-0.1, -0.05) is 0 Å². The Morgan fingerprint density at radius 2 is 2.62 bits per heavy atom. The molecule has 46 valence electrons. The molecule has 0 aromatic carbocycles. The normalized spacial score (nSPS) is 28.4. The fourth-order valence-corrected chi connectivity index (χ4v) is 1.63. The van der Waals surface area contributed by atoms with E-state index in [9.17, 15) is 4.79 Å². The summed E-state index contributed by atoms with van der Waals surface area (Å²) < 4.78 is 0. The third-order valence-electron chi connectivity index (χ3n) is 1.09. The fraction of sp³-hybridized carbons (Fsp3) is 0.800. The Hall–Kier alpha value is -0.0200. The molecule has 0 bridgehead atoms. The summed E-state index contributed by atoms with van der Waals surface area (Å²) in [7, 11) is 0. The van der Waals surface area contributed by atoms with Gasteiger partial charge in [-0.05, 0) is 6.92 Å². The molecule has 1 fully saturated rings. The fourth-order valence-electron chi connectivity index (χ4n) is 0.687. The van der Waals surface area contributed by atoms with Crippen LogP contribution in [0.4, 0.5) is 0 Å². The van der Waals surface area contributed by atoms with E-state index in [2.05, 4.69) is 5.32 Å². The van der Waals surface area contributed by atoms with Crippen LogP contribution >= 0.6 is 11.8 Å². The summed E-state index contributed by atoms with van der Waals surface area (Å²) >= 11 is 1.69. The van der Waals surface area contributed by atoms with Crippen LogP contribution < -0.4 is 5.32 Å². The Balaban J connectivity index is 2.35. The number of ketones is 1. The Bertz CT molecular complexity index is 98.6. The Morgan fingerprint density at radius 3 is 2.88 bits per heavy atom. The molecule has 0 saturated carbocycles. The number of rotatable bonds is 1. The molecule has 0 amide bonds. The quantitative estimate of drug-likeness (QED) is 0.552. The molecular weight excluding hydrogens is 122 g/mol. The summed E-state index contributed by atoms with van der Waals surface area (Å²) in [4.78, 5) is 10.6. The van der Waals surface area contributed by atoms with Crippen molar-refractivity contribution in [1.29, 1.82) is 0 Å². The number of thioether (sulfide) groups is 1. The maximum atomic E-state index is 10.6. The van der Waals surface area contributed by atoms with Gasteiger partial charge < -0.3 is 0 Å². The van der Waals surface area contributed by atoms with Crippen molar-refractivity contribution in [1.82, 2.24) is 5.32 Å². The van der Waals surface area contributed by atoms with E-state index in [1.807, 2.05) is 0 Å². The number of nitrogens with one attached hydrogen (secondary N) is 1. The van der Waals surface area contributed by atoms with E-state index in [0.29, 0.717) is 0 Å². The smallest absolute Gasteiger partial charge is 0.156 e. The van der Waals surface area contributed by atoms with Crippen molar-refractivity contribution in [2.45, 2.75) is 12.3 Å². The molecule has 1 heterocycles. The average molecular weight is 131 g/mol. The van der Waals surface area contributed by atoms with E-state index in [1.54, 1.807) is 18.7 Å². The minimum absolute atomic E-state index is 0.0926. The first-order valence-electron chi connectivity index (χ1n) is 2.66. The molecule has 1 atom stereocenters. The molecule has 0 aromatic rings. The zero-order chi connectivity index (χ0) is 5.98. The standard InChI is InChI=1S/C5H9NOS/c1-4(7)5-6-2-3-8-5/h5-6H,2-3H2,1H3/t5-/m1/s1. The average Bonchev–Trinajstić information content (AvgIpc) is 2.12. The van der Waals surface area contributed by atoms with Crippen molar-refractivity contribution in [3.05, 3.63) is 0 Å². The third kappa shape index (κ3) is 1.23. The predicted molar refractivity (Wildman–Crippen MR) is 34.9 cm³/mol. The van der Waals surface area contributed by atoms with Crippen LogP contribution in [-0.2, 0) is 4.79 Å². The lowest BCUT2D eigenvalue weighted by Gasteiger charge is -2.00. The van der Waals surface area contributed by atoms with E-state index in [-0.39, 0.29) is 11.2 Å². The van der Waals surface area contributed by atoms with Crippen LogP contribution in [0.3, 0.4) is 0 Å². The molecule has 1 aliphatic rings. The van der Waals surface area contributed by atoms with E-state index in [1.165, 1.54) is 0 Å². The number of hydrogen-bond acceptors (Lipinski definition) is 3. The van der Waals surface area contributed by atoms with Gasteiger partial charge in [0.2, 0.25) is 0 Å². The molecule has 1 saturated heterocycles. The molecule has 3 heteroatoms. The molecule has 0 aromatic heterocycles. The van der Waals surface area contributed by atoms with Gasteiger partial charge in [0.1, 0.15) is 5.37 Å².